The molecule has 0 spiro atoms. The van der Waals surface area contributed by atoms with Crippen LogP contribution in [0.25, 0.3) is 10.9 Å². The maximum Gasteiger partial charge on any atom is 0.261 e. The van der Waals surface area contributed by atoms with Crippen molar-refractivity contribution in [1.29, 1.82) is 0 Å². The van der Waals surface area contributed by atoms with Gasteiger partial charge in [-0.3, -0.25) is 14.2 Å². The first-order valence-electron chi connectivity index (χ1n) is 9.48. The molecule has 1 aliphatic rings. The van der Waals surface area contributed by atoms with Crippen LogP contribution >= 0.6 is 11.3 Å². The first kappa shape index (κ1) is 18.7. The minimum Gasteiger partial charge on any atom is -0.300 e. The molecule has 1 aromatic carbocycles. The maximum absolute atomic E-state index is 13.5. The highest BCUT2D eigenvalue weighted by molar-refractivity contribution is 7.13. The fraction of sp³-hybridized carbons (Fsp3) is 0.400. The highest BCUT2D eigenvalue weighted by atomic mass is 32.1. The number of hydrogen-bond acceptors (Lipinski definition) is 5. The lowest BCUT2D eigenvalue weighted by molar-refractivity contribution is -0.120. The Bertz CT molecular complexity index is 1030. The second-order valence-electron chi connectivity index (χ2n) is 7.20. The minimum atomic E-state index is -0.679. The summed E-state index contributed by atoms with van der Waals surface area (Å²) in [4.78, 5) is 34.4. The summed E-state index contributed by atoms with van der Waals surface area (Å²) < 4.78 is 14.8. The minimum absolute atomic E-state index is 0.272. The van der Waals surface area contributed by atoms with E-state index in [0.717, 1.165) is 25.7 Å². The smallest absolute Gasteiger partial charge is 0.261 e. The summed E-state index contributed by atoms with van der Waals surface area (Å²) in [5.41, 5.74) is -0.0434. The molecule has 1 fully saturated rings. The van der Waals surface area contributed by atoms with Gasteiger partial charge in [0.25, 0.3) is 5.56 Å². The first-order valence-corrected chi connectivity index (χ1v) is 10.4. The van der Waals surface area contributed by atoms with Crippen LogP contribution in [0.3, 0.4) is 0 Å². The number of thiazole rings is 1. The molecule has 2 aromatic heterocycles. The Labute approximate surface area is 165 Å². The molecular weight excluding hydrogens is 379 g/mol. The molecule has 3 aromatic rings. The van der Waals surface area contributed by atoms with E-state index in [1.54, 1.807) is 11.6 Å². The van der Waals surface area contributed by atoms with Gasteiger partial charge in [-0.15, -0.1) is 11.3 Å². The van der Waals surface area contributed by atoms with Gasteiger partial charge < -0.3 is 5.32 Å². The van der Waals surface area contributed by atoms with E-state index in [4.69, 9.17) is 0 Å². The lowest BCUT2D eigenvalue weighted by Crippen LogP contribution is -2.35. The van der Waals surface area contributed by atoms with E-state index in [1.165, 1.54) is 46.9 Å². The molecule has 1 unspecified atom stereocenters. The fourth-order valence-corrected chi connectivity index (χ4v) is 4.42. The van der Waals surface area contributed by atoms with Crippen LogP contribution in [0.4, 0.5) is 9.52 Å². The normalized spacial score (nSPS) is 16.2. The van der Waals surface area contributed by atoms with Gasteiger partial charge in [0.15, 0.2) is 5.13 Å². The van der Waals surface area contributed by atoms with Crippen molar-refractivity contribution in [1.82, 2.24) is 14.5 Å². The zero-order chi connectivity index (χ0) is 19.5. The van der Waals surface area contributed by atoms with Crippen molar-refractivity contribution in [2.24, 2.45) is 5.92 Å². The van der Waals surface area contributed by atoms with Crippen molar-refractivity contribution in [2.45, 2.75) is 44.6 Å². The monoisotopic (exact) mass is 400 g/mol. The molecule has 1 N–H and O–H groups in total. The van der Waals surface area contributed by atoms with Gasteiger partial charge in [0, 0.05) is 17.6 Å². The van der Waals surface area contributed by atoms with E-state index in [1.807, 2.05) is 0 Å². The van der Waals surface area contributed by atoms with Gasteiger partial charge in [-0.25, -0.2) is 14.4 Å². The summed E-state index contributed by atoms with van der Waals surface area (Å²) in [5.74, 6) is -0.333. The molecule has 1 saturated carbocycles. The van der Waals surface area contributed by atoms with Crippen LogP contribution in [-0.2, 0) is 4.79 Å². The number of fused-ring (bicyclic) bond motifs is 1. The van der Waals surface area contributed by atoms with Gasteiger partial charge in [-0.05, 0) is 24.5 Å². The Morgan fingerprint density at radius 2 is 2.11 bits per heavy atom. The molecule has 0 aliphatic heterocycles. The van der Waals surface area contributed by atoms with E-state index in [9.17, 15) is 14.0 Å². The van der Waals surface area contributed by atoms with Crippen molar-refractivity contribution >= 4 is 33.3 Å². The summed E-state index contributed by atoms with van der Waals surface area (Å²) in [6, 6.07) is 3.21. The van der Waals surface area contributed by atoms with Crippen LogP contribution in [0.2, 0.25) is 0 Å². The molecule has 0 radical (unpaired) electrons. The van der Waals surface area contributed by atoms with E-state index in [0.29, 0.717) is 22.9 Å². The SMILES string of the molecule is O=C(Nc1nccs1)C(CC1CCCCC1)n1cnc2cc(F)ccc2c1=O. The molecule has 6 nitrogen and oxygen atoms in total. The van der Waals surface area contributed by atoms with Gasteiger partial charge in [-0.1, -0.05) is 32.1 Å². The van der Waals surface area contributed by atoms with Crippen LogP contribution in [0.15, 0.2) is 40.9 Å². The molecule has 1 aliphatic carbocycles. The number of anilines is 1. The zero-order valence-corrected chi connectivity index (χ0v) is 16.1. The number of hydrogen-bond donors (Lipinski definition) is 1. The highest BCUT2D eigenvalue weighted by Gasteiger charge is 2.28. The number of nitrogens with one attached hydrogen (secondary N) is 1. The third-order valence-corrected chi connectivity index (χ3v) is 6.02. The van der Waals surface area contributed by atoms with Crippen molar-refractivity contribution in [3.8, 4) is 0 Å². The number of carbonyl (C=O) groups excluding carboxylic acids is 1. The standard InChI is InChI=1S/C20H21FN4O2S/c21-14-6-7-15-16(11-14)23-12-25(19(15)27)17(10-13-4-2-1-3-5-13)18(26)24-20-22-8-9-28-20/h6-9,11-13,17H,1-5,10H2,(H,22,24,26). The molecule has 1 amide bonds. The highest BCUT2D eigenvalue weighted by Crippen LogP contribution is 2.31. The van der Waals surface area contributed by atoms with Crippen LogP contribution < -0.4 is 10.9 Å². The molecule has 0 saturated heterocycles. The molecule has 4 rings (SSSR count). The summed E-state index contributed by atoms with van der Waals surface area (Å²) in [6.45, 7) is 0. The number of amides is 1. The number of halogens is 1. The molecule has 8 heteroatoms. The van der Waals surface area contributed by atoms with E-state index >= 15 is 0 Å². The van der Waals surface area contributed by atoms with Crippen LogP contribution in [0.1, 0.15) is 44.6 Å². The van der Waals surface area contributed by atoms with Gasteiger partial charge in [0.2, 0.25) is 5.91 Å². The van der Waals surface area contributed by atoms with E-state index in [2.05, 4.69) is 15.3 Å². The second kappa shape index (κ2) is 8.18. The molecule has 0 bridgehead atoms. The Morgan fingerprint density at radius 3 is 2.86 bits per heavy atom. The number of aromatic nitrogens is 3. The Hall–Kier alpha value is -2.61. The lowest BCUT2D eigenvalue weighted by atomic mass is 9.84. The van der Waals surface area contributed by atoms with E-state index in [-0.39, 0.29) is 17.0 Å². The van der Waals surface area contributed by atoms with Crippen LogP contribution in [0.5, 0.6) is 0 Å². The van der Waals surface area contributed by atoms with Crippen molar-refractivity contribution < 1.29 is 9.18 Å². The van der Waals surface area contributed by atoms with Crippen molar-refractivity contribution in [2.75, 3.05) is 5.32 Å². The topological polar surface area (TPSA) is 76.9 Å². The third kappa shape index (κ3) is 3.96. The Morgan fingerprint density at radius 1 is 1.29 bits per heavy atom. The van der Waals surface area contributed by atoms with Gasteiger partial charge in [0.1, 0.15) is 11.9 Å². The first-order chi connectivity index (χ1) is 13.6. The summed E-state index contributed by atoms with van der Waals surface area (Å²) in [6.07, 6.45) is 9.18. The predicted octanol–water partition coefficient (Wildman–Crippen LogP) is 4.14. The van der Waals surface area contributed by atoms with Crippen molar-refractivity contribution in [3.05, 3.63) is 52.3 Å². The third-order valence-electron chi connectivity index (χ3n) is 5.33. The summed E-state index contributed by atoms with van der Waals surface area (Å²) in [5, 5.41) is 5.40. The van der Waals surface area contributed by atoms with Crippen molar-refractivity contribution in [3.63, 3.8) is 0 Å². The number of nitrogens with zero attached hydrogens (tertiary/aromatic N) is 3. The van der Waals surface area contributed by atoms with Gasteiger partial charge in [-0.2, -0.15) is 0 Å². The Kier molecular flexibility index (Phi) is 5.47. The van der Waals surface area contributed by atoms with Gasteiger partial charge >= 0.3 is 0 Å². The molecule has 146 valence electrons. The molecule has 28 heavy (non-hydrogen) atoms. The van der Waals surface area contributed by atoms with E-state index < -0.39 is 11.9 Å². The largest absolute Gasteiger partial charge is 0.300 e. The average molecular weight is 400 g/mol. The molecule has 2 heterocycles. The zero-order valence-electron chi connectivity index (χ0n) is 15.3. The van der Waals surface area contributed by atoms with Crippen LogP contribution in [-0.4, -0.2) is 20.4 Å². The molecular formula is C20H21FN4O2S. The number of benzene rings is 1. The molecule has 1 atom stereocenters. The fourth-order valence-electron chi connectivity index (χ4n) is 3.89. The number of carbonyl (C=O) groups is 1. The van der Waals surface area contributed by atoms with Gasteiger partial charge in [0.05, 0.1) is 17.2 Å². The summed E-state index contributed by atoms with van der Waals surface area (Å²) >= 11 is 1.33. The lowest BCUT2D eigenvalue weighted by Gasteiger charge is -2.27. The maximum atomic E-state index is 13.5. The summed E-state index contributed by atoms with van der Waals surface area (Å²) in [7, 11) is 0. The number of rotatable bonds is 5. The van der Waals surface area contributed by atoms with Crippen LogP contribution in [0, 0.1) is 11.7 Å². The quantitative estimate of drug-likeness (QED) is 0.698. The second-order valence-corrected chi connectivity index (χ2v) is 8.10. The Balaban J connectivity index is 1.70. The average Bonchev–Trinajstić information content (AvgIpc) is 3.20. The predicted molar refractivity (Wildman–Crippen MR) is 107 cm³/mol.